The fraction of sp³-hybridized carbons (Fsp3) is 0.200. The van der Waals surface area contributed by atoms with Gasteiger partial charge in [-0.15, -0.1) is 0 Å². The molecule has 0 radical (unpaired) electrons. The average Bonchev–Trinajstić information content (AvgIpc) is 2.77. The van der Waals surface area contributed by atoms with Crippen LogP contribution in [0.15, 0.2) is 78.9 Å². The molecule has 0 saturated heterocycles. The van der Waals surface area contributed by atoms with E-state index in [9.17, 15) is 18.4 Å². The summed E-state index contributed by atoms with van der Waals surface area (Å²) in [7, 11) is 0. The van der Waals surface area contributed by atoms with Crippen LogP contribution < -0.4 is 5.32 Å². The van der Waals surface area contributed by atoms with E-state index in [1.165, 1.54) is 0 Å². The molecule has 0 aliphatic heterocycles. The maximum Gasteiger partial charge on any atom is 0.254 e. The van der Waals surface area contributed by atoms with Gasteiger partial charge >= 0.3 is 0 Å². The molecule has 0 heterocycles. The number of halogens is 2. The number of carbonyl (C=O) groups excluding carboxylic acids is 2. The number of rotatable bonds is 9. The van der Waals surface area contributed by atoms with E-state index in [0.29, 0.717) is 25.6 Å². The van der Waals surface area contributed by atoms with E-state index in [2.05, 4.69) is 5.32 Å². The highest BCUT2D eigenvalue weighted by atomic mass is 19.1. The second-order valence-electron chi connectivity index (χ2n) is 7.20. The van der Waals surface area contributed by atoms with Crippen LogP contribution in [0, 0.1) is 11.6 Å². The molecule has 31 heavy (non-hydrogen) atoms. The van der Waals surface area contributed by atoms with Gasteiger partial charge in [-0.25, -0.2) is 8.78 Å². The molecule has 6 heteroatoms. The third-order valence-corrected chi connectivity index (χ3v) is 4.81. The van der Waals surface area contributed by atoms with Gasteiger partial charge in [-0.3, -0.25) is 9.59 Å². The highest BCUT2D eigenvalue weighted by Crippen LogP contribution is 2.13. The van der Waals surface area contributed by atoms with E-state index in [-0.39, 0.29) is 24.4 Å². The largest absolute Gasteiger partial charge is 0.352 e. The lowest BCUT2D eigenvalue weighted by Crippen LogP contribution is -2.31. The van der Waals surface area contributed by atoms with Crippen LogP contribution >= 0.6 is 0 Å². The predicted octanol–water partition coefficient (Wildman–Crippen LogP) is 4.70. The lowest BCUT2D eigenvalue weighted by Gasteiger charge is -2.23. The first-order valence-electron chi connectivity index (χ1n) is 10.1. The number of nitrogens with zero attached hydrogens (tertiary/aromatic N) is 1. The summed E-state index contributed by atoms with van der Waals surface area (Å²) < 4.78 is 26.7. The Bertz CT molecular complexity index is 969. The van der Waals surface area contributed by atoms with E-state index in [1.54, 1.807) is 4.90 Å². The molecule has 3 aromatic rings. The summed E-state index contributed by atoms with van der Waals surface area (Å²) in [5, 5.41) is 2.58. The summed E-state index contributed by atoms with van der Waals surface area (Å²) in [6, 6.07) is 22.3. The van der Waals surface area contributed by atoms with Crippen LogP contribution in [0.3, 0.4) is 0 Å². The van der Waals surface area contributed by atoms with Gasteiger partial charge in [-0.05, 0) is 29.7 Å². The van der Waals surface area contributed by atoms with Crippen molar-refractivity contribution in [2.24, 2.45) is 0 Å². The first-order valence-corrected chi connectivity index (χ1v) is 10.1. The Kier molecular flexibility index (Phi) is 7.87. The first kappa shape index (κ1) is 22.2. The van der Waals surface area contributed by atoms with Gasteiger partial charge in [0.1, 0.15) is 11.6 Å². The fourth-order valence-electron chi connectivity index (χ4n) is 3.21. The Hall–Kier alpha value is -3.54. The summed E-state index contributed by atoms with van der Waals surface area (Å²) >= 11 is 0. The maximum atomic E-state index is 13.7. The molecule has 2 amide bonds. The van der Waals surface area contributed by atoms with Gasteiger partial charge in [0.15, 0.2) is 0 Å². The summed E-state index contributed by atoms with van der Waals surface area (Å²) in [5.41, 5.74) is 1.85. The minimum Gasteiger partial charge on any atom is -0.352 e. The van der Waals surface area contributed by atoms with E-state index in [4.69, 9.17) is 0 Å². The minimum absolute atomic E-state index is 0.0325. The highest BCUT2D eigenvalue weighted by Gasteiger charge is 2.16. The number of hydrogen-bond donors (Lipinski definition) is 1. The second-order valence-corrected chi connectivity index (χ2v) is 7.20. The zero-order valence-electron chi connectivity index (χ0n) is 17.1. The average molecular weight is 422 g/mol. The Balaban J connectivity index is 1.55. The number of benzene rings is 3. The highest BCUT2D eigenvalue weighted by molar-refractivity contribution is 5.94. The number of hydrogen-bond acceptors (Lipinski definition) is 2. The quantitative estimate of drug-likeness (QED) is 0.508. The smallest absolute Gasteiger partial charge is 0.254 e. The van der Waals surface area contributed by atoms with E-state index in [1.807, 2.05) is 60.7 Å². The van der Waals surface area contributed by atoms with Crippen molar-refractivity contribution in [1.82, 2.24) is 10.2 Å². The van der Waals surface area contributed by atoms with Crippen molar-refractivity contribution < 1.29 is 18.4 Å². The topological polar surface area (TPSA) is 49.4 Å². The van der Waals surface area contributed by atoms with Crippen molar-refractivity contribution in [2.75, 3.05) is 6.54 Å². The molecule has 0 spiro atoms. The molecule has 0 saturated carbocycles. The summed E-state index contributed by atoms with van der Waals surface area (Å²) in [5.74, 6) is -2.31. The standard InChI is InChI=1S/C25H24F2N2O2/c26-21-13-14-22(23(27)16-21)25(31)28-15-7-12-24(30)29(17-19-8-3-1-4-9-19)18-20-10-5-2-6-11-20/h1-6,8-11,13-14,16H,7,12,15,17-18H2,(H,28,31). The van der Waals surface area contributed by atoms with Gasteiger partial charge in [0, 0.05) is 32.1 Å². The minimum atomic E-state index is -0.912. The molecule has 0 aliphatic carbocycles. The van der Waals surface area contributed by atoms with Crippen molar-refractivity contribution in [3.8, 4) is 0 Å². The SMILES string of the molecule is O=C(NCCCC(=O)N(Cc1ccccc1)Cc1ccccc1)c1ccc(F)cc1F. The maximum absolute atomic E-state index is 13.7. The molecule has 0 aromatic heterocycles. The van der Waals surface area contributed by atoms with Crippen LogP contribution in [0.5, 0.6) is 0 Å². The molecule has 4 nitrogen and oxygen atoms in total. The fourth-order valence-corrected chi connectivity index (χ4v) is 3.21. The van der Waals surface area contributed by atoms with Gasteiger partial charge in [0.25, 0.3) is 5.91 Å². The molecule has 0 fully saturated rings. The van der Waals surface area contributed by atoms with Crippen LogP contribution in [0.1, 0.15) is 34.3 Å². The van der Waals surface area contributed by atoms with Gasteiger partial charge in [0.2, 0.25) is 5.91 Å². The van der Waals surface area contributed by atoms with E-state index >= 15 is 0 Å². The van der Waals surface area contributed by atoms with Crippen LogP contribution in [-0.4, -0.2) is 23.3 Å². The summed E-state index contributed by atoms with van der Waals surface area (Å²) in [6.07, 6.45) is 0.652. The molecule has 0 atom stereocenters. The van der Waals surface area contributed by atoms with Crippen molar-refractivity contribution in [2.45, 2.75) is 25.9 Å². The molecule has 1 N–H and O–H groups in total. The van der Waals surface area contributed by atoms with E-state index in [0.717, 1.165) is 23.3 Å². The summed E-state index contributed by atoms with van der Waals surface area (Å²) in [4.78, 5) is 26.7. The van der Waals surface area contributed by atoms with Crippen LogP contribution in [0.2, 0.25) is 0 Å². The van der Waals surface area contributed by atoms with Crippen molar-refractivity contribution in [3.05, 3.63) is 107 Å². The van der Waals surface area contributed by atoms with Gasteiger partial charge in [0.05, 0.1) is 5.56 Å². The lowest BCUT2D eigenvalue weighted by atomic mass is 10.1. The molecule has 0 aliphatic rings. The zero-order valence-corrected chi connectivity index (χ0v) is 17.1. The van der Waals surface area contributed by atoms with Gasteiger partial charge < -0.3 is 10.2 Å². The normalized spacial score (nSPS) is 10.5. The molecule has 0 unspecified atom stereocenters. The molecular formula is C25H24F2N2O2. The number of amides is 2. The van der Waals surface area contributed by atoms with E-state index < -0.39 is 17.5 Å². The van der Waals surface area contributed by atoms with Crippen molar-refractivity contribution in [1.29, 1.82) is 0 Å². The Morgan fingerprint density at radius 2 is 1.39 bits per heavy atom. The number of nitrogens with one attached hydrogen (secondary N) is 1. The predicted molar refractivity (Wildman–Crippen MR) is 115 cm³/mol. The Labute approximate surface area is 180 Å². The molecular weight excluding hydrogens is 398 g/mol. The lowest BCUT2D eigenvalue weighted by molar-refractivity contribution is -0.132. The number of carbonyl (C=O) groups is 2. The monoisotopic (exact) mass is 422 g/mol. The molecule has 160 valence electrons. The van der Waals surface area contributed by atoms with Crippen LogP contribution in [0.25, 0.3) is 0 Å². The van der Waals surface area contributed by atoms with Crippen LogP contribution in [-0.2, 0) is 17.9 Å². The van der Waals surface area contributed by atoms with Gasteiger partial charge in [-0.1, -0.05) is 60.7 Å². The second kappa shape index (κ2) is 11.0. The molecule has 3 rings (SSSR count). The van der Waals surface area contributed by atoms with Crippen molar-refractivity contribution >= 4 is 11.8 Å². The third-order valence-electron chi connectivity index (χ3n) is 4.81. The summed E-state index contributed by atoms with van der Waals surface area (Å²) in [6.45, 7) is 1.19. The Morgan fingerprint density at radius 1 is 0.806 bits per heavy atom. The third kappa shape index (κ3) is 6.74. The Morgan fingerprint density at radius 3 is 1.94 bits per heavy atom. The van der Waals surface area contributed by atoms with Crippen LogP contribution in [0.4, 0.5) is 8.78 Å². The van der Waals surface area contributed by atoms with Gasteiger partial charge in [-0.2, -0.15) is 0 Å². The molecule has 3 aromatic carbocycles. The van der Waals surface area contributed by atoms with Crippen molar-refractivity contribution in [3.63, 3.8) is 0 Å². The zero-order chi connectivity index (χ0) is 22.1. The first-order chi connectivity index (χ1) is 15.0. The molecule has 0 bridgehead atoms.